The zero-order chi connectivity index (χ0) is 16.2. The van der Waals surface area contributed by atoms with Crippen LogP contribution in [0.5, 0.6) is 5.75 Å². The molecule has 1 saturated carbocycles. The first kappa shape index (κ1) is 18.4. The molecule has 2 aromatic rings. The lowest BCUT2D eigenvalue weighted by molar-refractivity contribution is 0.347. The summed E-state index contributed by atoms with van der Waals surface area (Å²) in [6.07, 6.45) is 2.90. The Hall–Kier alpha value is -1.92. The maximum atomic E-state index is 12.4. The van der Waals surface area contributed by atoms with Crippen molar-refractivity contribution in [1.29, 1.82) is 0 Å². The van der Waals surface area contributed by atoms with Gasteiger partial charge in [-0.2, -0.15) is 5.10 Å². The third-order valence-electron chi connectivity index (χ3n) is 3.90. The molecule has 1 aromatic heterocycles. The lowest BCUT2D eigenvalue weighted by Gasteiger charge is -2.07. The molecule has 24 heavy (non-hydrogen) atoms. The van der Waals surface area contributed by atoms with Crippen LogP contribution in [-0.2, 0) is 6.54 Å². The Morgan fingerprint density at radius 2 is 2.08 bits per heavy atom. The summed E-state index contributed by atoms with van der Waals surface area (Å²) in [5.41, 5.74) is 6.77. The molecule has 130 valence electrons. The Kier molecular flexibility index (Phi) is 6.34. The van der Waals surface area contributed by atoms with Gasteiger partial charge in [0.05, 0.1) is 6.33 Å². The van der Waals surface area contributed by atoms with E-state index in [1.54, 1.807) is 0 Å². The smallest absolute Gasteiger partial charge is 0.181 e. The van der Waals surface area contributed by atoms with Gasteiger partial charge in [0.25, 0.3) is 0 Å². The van der Waals surface area contributed by atoms with Gasteiger partial charge in [0.15, 0.2) is 5.82 Å². The summed E-state index contributed by atoms with van der Waals surface area (Å²) < 4.78 is 19.9. The molecule has 1 aliphatic rings. The molecule has 7 heteroatoms. The fraction of sp³-hybridized carbons (Fsp3) is 0.412. The Morgan fingerprint density at radius 1 is 1.38 bits per heavy atom. The average molecular weight is 353 g/mol. The number of aromatic nitrogens is 3. The summed E-state index contributed by atoms with van der Waals surface area (Å²) in [5, 5.41) is 4.58. The zero-order valence-electron chi connectivity index (χ0n) is 13.6. The lowest BCUT2D eigenvalue weighted by atomic mass is 10.2. The Labute approximate surface area is 147 Å². The highest BCUT2D eigenvalue weighted by atomic mass is 35.5. The topological polar surface area (TPSA) is 66.0 Å². The van der Waals surface area contributed by atoms with E-state index in [0.717, 1.165) is 23.8 Å². The molecule has 1 heterocycles. The van der Waals surface area contributed by atoms with E-state index in [-0.39, 0.29) is 25.6 Å². The maximum Gasteiger partial charge on any atom is 0.181 e. The molecule has 0 spiro atoms. The van der Waals surface area contributed by atoms with Crippen LogP contribution < -0.4 is 10.5 Å². The van der Waals surface area contributed by atoms with Crippen molar-refractivity contribution in [2.24, 2.45) is 5.73 Å². The van der Waals surface area contributed by atoms with Gasteiger partial charge in [-0.05, 0) is 44.0 Å². The zero-order valence-corrected chi connectivity index (χ0v) is 14.4. The van der Waals surface area contributed by atoms with Crippen LogP contribution in [0, 0.1) is 0 Å². The van der Waals surface area contributed by atoms with Gasteiger partial charge in [0, 0.05) is 30.1 Å². The number of ether oxygens (including phenoxy) is 1. The molecule has 1 fully saturated rings. The molecule has 0 radical (unpaired) electrons. The maximum absolute atomic E-state index is 12.4. The van der Waals surface area contributed by atoms with Crippen molar-refractivity contribution in [3.05, 3.63) is 42.0 Å². The average Bonchev–Trinajstić information content (AvgIpc) is 3.35. The van der Waals surface area contributed by atoms with Gasteiger partial charge in [0.1, 0.15) is 18.2 Å². The molecule has 5 nitrogen and oxygen atoms in total. The highest BCUT2D eigenvalue weighted by Crippen LogP contribution is 2.39. The molecule has 0 amide bonds. The summed E-state index contributed by atoms with van der Waals surface area (Å²) in [4.78, 5) is 4.68. The molecule has 0 atom stereocenters. The third-order valence-corrected chi connectivity index (χ3v) is 3.90. The SMILES string of the molecule is CCn1nc(-c2ccc(OC/C(=C/F)CN)cc2)nc1C1CC1.Cl. The molecule has 0 saturated heterocycles. The molecule has 3 rings (SSSR count). The van der Waals surface area contributed by atoms with E-state index in [2.05, 4.69) is 17.0 Å². The second-order valence-corrected chi connectivity index (χ2v) is 5.67. The summed E-state index contributed by atoms with van der Waals surface area (Å²) in [5.74, 6) is 3.06. The Bertz CT molecular complexity index is 695. The number of hydrogen-bond donors (Lipinski definition) is 1. The minimum Gasteiger partial charge on any atom is -0.489 e. The van der Waals surface area contributed by atoms with Crippen LogP contribution in [0.25, 0.3) is 11.4 Å². The molecule has 1 aromatic carbocycles. The van der Waals surface area contributed by atoms with Gasteiger partial charge in [0.2, 0.25) is 0 Å². The van der Waals surface area contributed by atoms with Crippen molar-refractivity contribution in [2.45, 2.75) is 32.2 Å². The van der Waals surface area contributed by atoms with E-state index in [1.165, 1.54) is 12.8 Å². The normalized spacial score (nSPS) is 14.4. The van der Waals surface area contributed by atoms with Crippen molar-refractivity contribution in [1.82, 2.24) is 14.8 Å². The Balaban J connectivity index is 0.00000208. The van der Waals surface area contributed by atoms with Crippen molar-refractivity contribution < 1.29 is 9.13 Å². The van der Waals surface area contributed by atoms with Gasteiger partial charge in [-0.15, -0.1) is 12.4 Å². The minimum atomic E-state index is 0. The lowest BCUT2D eigenvalue weighted by Crippen LogP contribution is -2.10. The molecule has 0 unspecified atom stereocenters. The molecular formula is C17H22ClFN4O. The van der Waals surface area contributed by atoms with Crippen LogP contribution in [0.2, 0.25) is 0 Å². The summed E-state index contributed by atoms with van der Waals surface area (Å²) in [6.45, 7) is 3.21. The van der Waals surface area contributed by atoms with E-state index < -0.39 is 0 Å². The number of benzene rings is 1. The Morgan fingerprint density at radius 3 is 2.62 bits per heavy atom. The number of rotatable bonds is 7. The van der Waals surface area contributed by atoms with E-state index in [9.17, 15) is 4.39 Å². The van der Waals surface area contributed by atoms with Crippen LogP contribution in [0.4, 0.5) is 4.39 Å². The first-order valence-electron chi connectivity index (χ1n) is 7.91. The predicted octanol–water partition coefficient (Wildman–Crippen LogP) is 3.46. The molecule has 0 aliphatic heterocycles. The second-order valence-electron chi connectivity index (χ2n) is 5.67. The minimum absolute atomic E-state index is 0. The van der Waals surface area contributed by atoms with Crippen LogP contribution in [0.15, 0.2) is 36.2 Å². The first-order chi connectivity index (χ1) is 11.2. The van der Waals surface area contributed by atoms with Gasteiger partial charge in [-0.25, -0.2) is 14.1 Å². The highest BCUT2D eigenvalue weighted by Gasteiger charge is 2.29. The molecule has 1 aliphatic carbocycles. The van der Waals surface area contributed by atoms with Crippen LogP contribution in [-0.4, -0.2) is 27.9 Å². The number of nitrogens with two attached hydrogens (primary N) is 1. The molecular weight excluding hydrogens is 331 g/mol. The van der Waals surface area contributed by atoms with E-state index in [1.807, 2.05) is 28.9 Å². The van der Waals surface area contributed by atoms with E-state index >= 15 is 0 Å². The fourth-order valence-corrected chi connectivity index (χ4v) is 2.36. The van der Waals surface area contributed by atoms with Gasteiger partial charge in [-0.1, -0.05) is 0 Å². The molecule has 2 N–H and O–H groups in total. The number of nitrogens with zero attached hydrogens (tertiary/aromatic N) is 3. The van der Waals surface area contributed by atoms with E-state index in [0.29, 0.717) is 23.6 Å². The van der Waals surface area contributed by atoms with Crippen LogP contribution >= 0.6 is 12.4 Å². The van der Waals surface area contributed by atoms with Gasteiger partial charge in [-0.3, -0.25) is 0 Å². The predicted molar refractivity (Wildman–Crippen MR) is 94.1 cm³/mol. The summed E-state index contributed by atoms with van der Waals surface area (Å²) >= 11 is 0. The van der Waals surface area contributed by atoms with Crippen molar-refractivity contribution in [3.8, 4) is 17.1 Å². The van der Waals surface area contributed by atoms with Crippen molar-refractivity contribution >= 4 is 12.4 Å². The van der Waals surface area contributed by atoms with Crippen LogP contribution in [0.1, 0.15) is 31.5 Å². The van der Waals surface area contributed by atoms with Gasteiger partial charge >= 0.3 is 0 Å². The van der Waals surface area contributed by atoms with Gasteiger partial charge < -0.3 is 10.5 Å². The largest absolute Gasteiger partial charge is 0.489 e. The van der Waals surface area contributed by atoms with Crippen molar-refractivity contribution in [2.75, 3.05) is 13.2 Å². The quantitative estimate of drug-likeness (QED) is 0.828. The fourth-order valence-electron chi connectivity index (χ4n) is 2.36. The number of aryl methyl sites for hydroxylation is 1. The van der Waals surface area contributed by atoms with Crippen molar-refractivity contribution in [3.63, 3.8) is 0 Å². The van der Waals surface area contributed by atoms with Crippen LogP contribution in [0.3, 0.4) is 0 Å². The number of hydrogen-bond acceptors (Lipinski definition) is 4. The highest BCUT2D eigenvalue weighted by molar-refractivity contribution is 5.85. The number of halogens is 2. The third kappa shape index (κ3) is 4.13. The second kappa shape index (κ2) is 8.26. The monoisotopic (exact) mass is 352 g/mol. The standard InChI is InChI=1S/C17H21FN4O.ClH/c1-2-22-17(14-3-4-14)20-16(21-22)13-5-7-15(8-6-13)23-11-12(9-18)10-19;/h5-9,14H,2-4,10-11,19H2,1H3;1H/b12-9+;. The molecule has 0 bridgehead atoms. The first-order valence-corrected chi connectivity index (χ1v) is 7.91. The van der Waals surface area contributed by atoms with E-state index in [4.69, 9.17) is 10.5 Å². The summed E-state index contributed by atoms with van der Waals surface area (Å²) in [6, 6.07) is 7.52. The summed E-state index contributed by atoms with van der Waals surface area (Å²) in [7, 11) is 0.